The van der Waals surface area contributed by atoms with Crippen LogP contribution in [0.2, 0.25) is 5.02 Å². The number of carbonyl (C=O) groups is 1. The van der Waals surface area contributed by atoms with Crippen molar-refractivity contribution in [3.05, 3.63) is 53.1 Å². The van der Waals surface area contributed by atoms with Gasteiger partial charge in [-0.05, 0) is 43.3 Å². The minimum Gasteiger partial charge on any atom is -0.495 e. The van der Waals surface area contributed by atoms with Gasteiger partial charge in [-0.1, -0.05) is 17.7 Å². The molecule has 0 aliphatic carbocycles. The van der Waals surface area contributed by atoms with Gasteiger partial charge in [-0.3, -0.25) is 4.79 Å². The second kappa shape index (κ2) is 7.52. The molecule has 23 heavy (non-hydrogen) atoms. The summed E-state index contributed by atoms with van der Waals surface area (Å²) >= 11 is 5.93. The Morgan fingerprint density at radius 2 is 2.09 bits per heavy atom. The number of amides is 1. The summed E-state index contributed by atoms with van der Waals surface area (Å²) in [5.41, 5.74) is 0.929. The molecule has 0 radical (unpaired) electrons. The predicted octanol–water partition coefficient (Wildman–Crippen LogP) is 3.63. The van der Waals surface area contributed by atoms with Crippen molar-refractivity contribution in [3.63, 3.8) is 0 Å². The summed E-state index contributed by atoms with van der Waals surface area (Å²) in [5, 5.41) is 12.1. The molecule has 2 aromatic carbocycles. The standard InChI is InChI=1S/C17H15ClN2O3/c1-11(23-14-5-3-4-12(8-14)10-19)17(21)20-15-9-13(18)6-7-16(15)22-2/h3-9,11H,1-2H3,(H,20,21). The van der Waals surface area contributed by atoms with Crippen LogP contribution < -0.4 is 14.8 Å². The molecule has 6 heteroatoms. The van der Waals surface area contributed by atoms with Gasteiger partial charge in [0.25, 0.3) is 5.91 Å². The number of nitrogens with one attached hydrogen (secondary N) is 1. The van der Waals surface area contributed by atoms with Crippen LogP contribution in [0.25, 0.3) is 0 Å². The normalized spacial score (nSPS) is 11.2. The molecule has 0 heterocycles. The van der Waals surface area contributed by atoms with Crippen LogP contribution in [0.4, 0.5) is 5.69 Å². The topological polar surface area (TPSA) is 71.3 Å². The second-order valence-corrected chi connectivity index (χ2v) is 5.17. The number of nitriles is 1. The first-order valence-corrected chi connectivity index (χ1v) is 7.22. The van der Waals surface area contributed by atoms with Crippen molar-refractivity contribution in [3.8, 4) is 17.6 Å². The van der Waals surface area contributed by atoms with E-state index in [1.807, 2.05) is 6.07 Å². The van der Waals surface area contributed by atoms with Crippen LogP contribution in [0.3, 0.4) is 0 Å². The zero-order chi connectivity index (χ0) is 16.8. The van der Waals surface area contributed by atoms with Crippen molar-refractivity contribution >= 4 is 23.2 Å². The minimum atomic E-state index is -0.757. The molecular weight excluding hydrogens is 316 g/mol. The molecule has 1 atom stereocenters. The number of anilines is 1. The Morgan fingerprint density at radius 3 is 2.78 bits per heavy atom. The number of hydrogen-bond acceptors (Lipinski definition) is 4. The average molecular weight is 331 g/mol. The molecule has 1 unspecified atom stereocenters. The molecule has 2 aromatic rings. The molecule has 1 amide bonds. The van der Waals surface area contributed by atoms with Crippen molar-refractivity contribution in [2.24, 2.45) is 0 Å². The average Bonchev–Trinajstić information content (AvgIpc) is 2.55. The van der Waals surface area contributed by atoms with Crippen LogP contribution in [-0.2, 0) is 4.79 Å². The van der Waals surface area contributed by atoms with Gasteiger partial charge in [-0.15, -0.1) is 0 Å². The van der Waals surface area contributed by atoms with Gasteiger partial charge in [-0.2, -0.15) is 5.26 Å². The summed E-state index contributed by atoms with van der Waals surface area (Å²) in [6.07, 6.45) is -0.757. The number of ether oxygens (including phenoxy) is 2. The van der Waals surface area contributed by atoms with Gasteiger partial charge in [0.15, 0.2) is 6.10 Å². The molecule has 1 N–H and O–H groups in total. The van der Waals surface area contributed by atoms with Crippen LogP contribution >= 0.6 is 11.6 Å². The molecule has 0 fully saturated rings. The third-order valence-corrected chi connectivity index (χ3v) is 3.30. The molecule has 0 saturated carbocycles. The van der Waals surface area contributed by atoms with Crippen LogP contribution in [0.5, 0.6) is 11.5 Å². The quantitative estimate of drug-likeness (QED) is 0.908. The van der Waals surface area contributed by atoms with Crippen molar-refractivity contribution in [1.82, 2.24) is 0 Å². The van der Waals surface area contributed by atoms with Crippen LogP contribution in [0, 0.1) is 11.3 Å². The van der Waals surface area contributed by atoms with E-state index in [0.29, 0.717) is 27.8 Å². The highest BCUT2D eigenvalue weighted by atomic mass is 35.5. The molecule has 0 spiro atoms. The first-order chi connectivity index (χ1) is 11.0. The Labute approximate surface area is 139 Å². The highest BCUT2D eigenvalue weighted by Gasteiger charge is 2.17. The lowest BCUT2D eigenvalue weighted by Gasteiger charge is -2.16. The van der Waals surface area contributed by atoms with Gasteiger partial charge >= 0.3 is 0 Å². The third kappa shape index (κ3) is 4.38. The van der Waals surface area contributed by atoms with Crippen LogP contribution in [-0.4, -0.2) is 19.1 Å². The summed E-state index contributed by atoms with van der Waals surface area (Å²) in [7, 11) is 1.51. The fourth-order valence-corrected chi connectivity index (χ4v) is 2.08. The maximum absolute atomic E-state index is 12.3. The Kier molecular flexibility index (Phi) is 5.45. The number of benzene rings is 2. The summed E-state index contributed by atoms with van der Waals surface area (Å²) in [6.45, 7) is 1.62. The smallest absolute Gasteiger partial charge is 0.265 e. The zero-order valence-electron chi connectivity index (χ0n) is 12.7. The van der Waals surface area contributed by atoms with Gasteiger partial charge in [0, 0.05) is 5.02 Å². The van der Waals surface area contributed by atoms with E-state index in [9.17, 15) is 4.79 Å². The number of carbonyl (C=O) groups excluding carboxylic acids is 1. The third-order valence-electron chi connectivity index (χ3n) is 3.06. The fraction of sp³-hybridized carbons (Fsp3) is 0.176. The highest BCUT2D eigenvalue weighted by molar-refractivity contribution is 6.31. The molecule has 5 nitrogen and oxygen atoms in total. The van der Waals surface area contributed by atoms with Crippen LogP contribution in [0.15, 0.2) is 42.5 Å². The number of nitrogens with zero attached hydrogens (tertiary/aromatic N) is 1. The number of halogens is 1. The molecular formula is C17H15ClN2O3. The summed E-state index contributed by atoms with van der Waals surface area (Å²) < 4.78 is 10.7. The molecule has 0 aromatic heterocycles. The van der Waals surface area contributed by atoms with E-state index < -0.39 is 6.10 Å². The van der Waals surface area contributed by atoms with Crippen molar-refractivity contribution in [2.45, 2.75) is 13.0 Å². The van der Waals surface area contributed by atoms with E-state index in [4.69, 9.17) is 26.3 Å². The Balaban J connectivity index is 2.08. The molecule has 0 bridgehead atoms. The SMILES string of the molecule is COc1ccc(Cl)cc1NC(=O)C(C)Oc1cccc(C#N)c1. The van der Waals surface area contributed by atoms with Gasteiger partial charge in [0.05, 0.1) is 24.4 Å². The van der Waals surface area contributed by atoms with E-state index in [2.05, 4.69) is 5.32 Å². The van der Waals surface area contributed by atoms with Gasteiger partial charge in [0.1, 0.15) is 11.5 Å². The summed E-state index contributed by atoms with van der Waals surface area (Å²) in [4.78, 5) is 12.3. The van der Waals surface area contributed by atoms with E-state index >= 15 is 0 Å². The number of rotatable bonds is 5. The number of methoxy groups -OCH3 is 1. The lowest BCUT2D eigenvalue weighted by atomic mass is 10.2. The lowest BCUT2D eigenvalue weighted by molar-refractivity contribution is -0.122. The van der Waals surface area contributed by atoms with Crippen molar-refractivity contribution < 1.29 is 14.3 Å². The van der Waals surface area contributed by atoms with E-state index in [0.717, 1.165) is 0 Å². The van der Waals surface area contributed by atoms with Gasteiger partial charge in [0.2, 0.25) is 0 Å². The van der Waals surface area contributed by atoms with Crippen molar-refractivity contribution in [1.29, 1.82) is 5.26 Å². The van der Waals surface area contributed by atoms with Crippen LogP contribution in [0.1, 0.15) is 12.5 Å². The lowest BCUT2D eigenvalue weighted by Crippen LogP contribution is -2.30. The van der Waals surface area contributed by atoms with Gasteiger partial charge < -0.3 is 14.8 Å². The predicted molar refractivity (Wildman–Crippen MR) is 87.9 cm³/mol. The van der Waals surface area contributed by atoms with E-state index in [-0.39, 0.29) is 5.91 Å². The summed E-state index contributed by atoms with van der Waals surface area (Å²) in [5.74, 6) is 0.596. The monoisotopic (exact) mass is 330 g/mol. The van der Waals surface area contributed by atoms with E-state index in [1.54, 1.807) is 49.4 Å². The minimum absolute atomic E-state index is 0.354. The largest absolute Gasteiger partial charge is 0.495 e. The Bertz CT molecular complexity index is 756. The Hall–Kier alpha value is -2.71. The number of hydrogen-bond donors (Lipinski definition) is 1. The molecule has 0 aliphatic rings. The first kappa shape index (κ1) is 16.7. The fourth-order valence-electron chi connectivity index (χ4n) is 1.91. The molecule has 0 aliphatic heterocycles. The molecule has 0 saturated heterocycles. The molecule has 118 valence electrons. The molecule has 2 rings (SSSR count). The van der Waals surface area contributed by atoms with E-state index in [1.165, 1.54) is 7.11 Å². The first-order valence-electron chi connectivity index (χ1n) is 6.84. The van der Waals surface area contributed by atoms with Crippen molar-refractivity contribution in [2.75, 3.05) is 12.4 Å². The summed E-state index contributed by atoms with van der Waals surface area (Å²) in [6, 6.07) is 13.6. The highest BCUT2D eigenvalue weighted by Crippen LogP contribution is 2.28. The Morgan fingerprint density at radius 1 is 1.30 bits per heavy atom. The second-order valence-electron chi connectivity index (χ2n) is 4.73. The van der Waals surface area contributed by atoms with Gasteiger partial charge in [-0.25, -0.2) is 0 Å². The maximum atomic E-state index is 12.3. The zero-order valence-corrected chi connectivity index (χ0v) is 13.4. The maximum Gasteiger partial charge on any atom is 0.265 e.